The fourth-order valence-electron chi connectivity index (χ4n) is 3.66. The van der Waals surface area contributed by atoms with Crippen LogP contribution in [-0.2, 0) is 4.74 Å². The van der Waals surface area contributed by atoms with E-state index in [0.29, 0.717) is 6.04 Å². The third-order valence-electron chi connectivity index (χ3n) is 5.66. The van der Waals surface area contributed by atoms with Gasteiger partial charge < -0.3 is 9.64 Å². The lowest BCUT2D eigenvalue weighted by atomic mass is 10.0. The standard InChI is InChI=1S/C26H45NO/c1-7-8-9-10-11-15-24(5)27(25-16-18-26(28-6)19-17-25)21-20-23(4)14-12-13-22(2)3/h13,16-18,20,24,26H,7-12,14-15,19,21H2,1-6H3/b23-20+. The first-order valence-corrected chi connectivity index (χ1v) is 11.4. The van der Waals surface area contributed by atoms with Crippen molar-refractivity contribution >= 4 is 0 Å². The lowest BCUT2D eigenvalue weighted by Crippen LogP contribution is -2.33. The minimum Gasteiger partial charge on any atom is -0.377 e. The highest BCUT2D eigenvalue weighted by Gasteiger charge is 2.17. The van der Waals surface area contributed by atoms with Gasteiger partial charge in [0.15, 0.2) is 0 Å². The summed E-state index contributed by atoms with van der Waals surface area (Å²) in [6, 6.07) is 0.568. The van der Waals surface area contributed by atoms with Crippen LogP contribution in [0.4, 0.5) is 0 Å². The summed E-state index contributed by atoms with van der Waals surface area (Å²) >= 11 is 0. The molecular formula is C26H45NO. The van der Waals surface area contributed by atoms with Gasteiger partial charge in [-0.25, -0.2) is 0 Å². The van der Waals surface area contributed by atoms with Gasteiger partial charge in [0.05, 0.1) is 6.10 Å². The van der Waals surface area contributed by atoms with Crippen LogP contribution in [0, 0.1) is 0 Å². The SMILES string of the molecule is CCCCCCCC(C)N(C/C=C(\C)CCC=C(C)C)C1=CCC(OC)C=C1. The summed E-state index contributed by atoms with van der Waals surface area (Å²) in [7, 11) is 1.79. The van der Waals surface area contributed by atoms with Crippen LogP contribution in [0.25, 0.3) is 0 Å². The number of ether oxygens (including phenoxy) is 1. The third kappa shape index (κ3) is 10.3. The monoisotopic (exact) mass is 387 g/mol. The van der Waals surface area contributed by atoms with Gasteiger partial charge in [0.1, 0.15) is 0 Å². The van der Waals surface area contributed by atoms with E-state index in [4.69, 9.17) is 4.74 Å². The van der Waals surface area contributed by atoms with E-state index in [1.165, 1.54) is 55.4 Å². The maximum atomic E-state index is 5.48. The Hall–Kier alpha value is -1.28. The van der Waals surface area contributed by atoms with Crippen LogP contribution in [0.5, 0.6) is 0 Å². The van der Waals surface area contributed by atoms with Gasteiger partial charge in [-0.2, -0.15) is 0 Å². The molecule has 0 heterocycles. The molecule has 0 bridgehead atoms. The van der Waals surface area contributed by atoms with Gasteiger partial charge >= 0.3 is 0 Å². The average molecular weight is 388 g/mol. The third-order valence-corrected chi connectivity index (χ3v) is 5.66. The van der Waals surface area contributed by atoms with Crippen molar-refractivity contribution < 1.29 is 4.74 Å². The minimum atomic E-state index is 0.233. The van der Waals surface area contributed by atoms with E-state index in [1.807, 2.05) is 0 Å². The van der Waals surface area contributed by atoms with Crippen LogP contribution in [-0.4, -0.2) is 30.7 Å². The number of allylic oxidation sites excluding steroid dienone is 4. The Kier molecular flexibility index (Phi) is 13.0. The first-order valence-electron chi connectivity index (χ1n) is 11.4. The molecule has 0 saturated carbocycles. The van der Waals surface area contributed by atoms with Gasteiger partial charge in [-0.1, -0.05) is 74.5 Å². The van der Waals surface area contributed by atoms with E-state index < -0.39 is 0 Å². The summed E-state index contributed by atoms with van der Waals surface area (Å²) in [4.78, 5) is 2.59. The van der Waals surface area contributed by atoms with Crippen molar-refractivity contribution in [2.45, 2.75) is 105 Å². The molecule has 0 fully saturated rings. The Morgan fingerprint density at radius 2 is 1.93 bits per heavy atom. The van der Waals surface area contributed by atoms with Crippen molar-refractivity contribution in [2.24, 2.45) is 0 Å². The number of hydrogen-bond acceptors (Lipinski definition) is 2. The van der Waals surface area contributed by atoms with Crippen LogP contribution in [0.15, 0.2) is 47.2 Å². The number of rotatable bonds is 14. The average Bonchev–Trinajstić information content (AvgIpc) is 2.68. The second kappa shape index (κ2) is 14.7. The van der Waals surface area contributed by atoms with Gasteiger partial charge in [0.25, 0.3) is 0 Å². The highest BCUT2D eigenvalue weighted by atomic mass is 16.5. The second-order valence-corrected chi connectivity index (χ2v) is 8.57. The molecule has 1 rings (SSSR count). The lowest BCUT2D eigenvalue weighted by molar-refractivity contribution is 0.140. The molecule has 2 heteroatoms. The predicted octanol–water partition coefficient (Wildman–Crippen LogP) is 7.59. The second-order valence-electron chi connectivity index (χ2n) is 8.57. The van der Waals surface area contributed by atoms with Crippen molar-refractivity contribution in [2.75, 3.05) is 13.7 Å². The molecule has 2 unspecified atom stereocenters. The van der Waals surface area contributed by atoms with E-state index in [1.54, 1.807) is 7.11 Å². The summed E-state index contributed by atoms with van der Waals surface area (Å²) in [6.07, 6.45) is 23.2. The Morgan fingerprint density at radius 1 is 1.18 bits per heavy atom. The molecule has 0 aromatic carbocycles. The smallest absolute Gasteiger partial charge is 0.0791 e. The van der Waals surface area contributed by atoms with Crippen LogP contribution >= 0.6 is 0 Å². The largest absolute Gasteiger partial charge is 0.377 e. The van der Waals surface area contributed by atoms with Crippen molar-refractivity contribution in [3.05, 3.63) is 47.2 Å². The van der Waals surface area contributed by atoms with Gasteiger partial charge in [0, 0.05) is 25.4 Å². The molecule has 0 spiro atoms. The zero-order chi connectivity index (χ0) is 20.8. The van der Waals surface area contributed by atoms with E-state index in [-0.39, 0.29) is 6.10 Å². The summed E-state index contributed by atoms with van der Waals surface area (Å²) in [5.41, 5.74) is 4.27. The topological polar surface area (TPSA) is 12.5 Å². The summed E-state index contributed by atoms with van der Waals surface area (Å²) in [5.74, 6) is 0. The fraction of sp³-hybridized carbons (Fsp3) is 0.692. The molecular weight excluding hydrogens is 342 g/mol. The molecule has 2 nitrogen and oxygen atoms in total. The molecule has 2 atom stereocenters. The van der Waals surface area contributed by atoms with Crippen molar-refractivity contribution in [1.82, 2.24) is 4.90 Å². The first-order chi connectivity index (χ1) is 13.5. The zero-order valence-corrected chi connectivity index (χ0v) is 19.5. The maximum absolute atomic E-state index is 5.48. The molecule has 0 radical (unpaired) electrons. The summed E-state index contributed by atoms with van der Waals surface area (Å²) in [6.45, 7) is 12.3. The van der Waals surface area contributed by atoms with Crippen molar-refractivity contribution in [3.8, 4) is 0 Å². The molecule has 0 amide bonds. The molecule has 1 aliphatic carbocycles. The Morgan fingerprint density at radius 3 is 2.54 bits per heavy atom. The van der Waals surface area contributed by atoms with Gasteiger partial charge in [-0.05, 0) is 59.5 Å². The van der Waals surface area contributed by atoms with Crippen LogP contribution in [0.3, 0.4) is 0 Å². The van der Waals surface area contributed by atoms with E-state index in [9.17, 15) is 0 Å². The van der Waals surface area contributed by atoms with Crippen LogP contribution in [0.1, 0.15) is 92.4 Å². The maximum Gasteiger partial charge on any atom is 0.0791 e. The minimum absolute atomic E-state index is 0.233. The Labute approximate surface area is 175 Å². The normalized spacial score (nSPS) is 18.0. The van der Waals surface area contributed by atoms with E-state index >= 15 is 0 Å². The molecule has 0 aliphatic heterocycles. The fourth-order valence-corrected chi connectivity index (χ4v) is 3.66. The molecule has 160 valence electrons. The molecule has 0 aromatic heterocycles. The van der Waals surface area contributed by atoms with Gasteiger partial charge in [0.2, 0.25) is 0 Å². The molecule has 0 aromatic rings. The predicted molar refractivity (Wildman–Crippen MR) is 125 cm³/mol. The van der Waals surface area contributed by atoms with Crippen molar-refractivity contribution in [3.63, 3.8) is 0 Å². The van der Waals surface area contributed by atoms with Gasteiger partial charge in [-0.15, -0.1) is 0 Å². The Bertz CT molecular complexity index is 537. The number of hydrogen-bond donors (Lipinski definition) is 0. The van der Waals surface area contributed by atoms with Crippen LogP contribution in [0.2, 0.25) is 0 Å². The zero-order valence-electron chi connectivity index (χ0n) is 19.5. The van der Waals surface area contributed by atoms with E-state index in [2.05, 4.69) is 69.9 Å². The molecule has 28 heavy (non-hydrogen) atoms. The molecule has 0 saturated heterocycles. The molecule has 1 aliphatic rings. The van der Waals surface area contributed by atoms with Crippen molar-refractivity contribution in [1.29, 1.82) is 0 Å². The lowest BCUT2D eigenvalue weighted by Gasteiger charge is -2.33. The van der Waals surface area contributed by atoms with Gasteiger partial charge in [-0.3, -0.25) is 0 Å². The number of unbranched alkanes of at least 4 members (excludes halogenated alkanes) is 4. The van der Waals surface area contributed by atoms with Crippen LogP contribution < -0.4 is 0 Å². The van der Waals surface area contributed by atoms with E-state index in [0.717, 1.165) is 25.8 Å². The quantitative estimate of drug-likeness (QED) is 0.225. The first kappa shape index (κ1) is 24.8. The molecule has 0 N–H and O–H groups in total. The summed E-state index contributed by atoms with van der Waals surface area (Å²) < 4.78 is 5.48. The number of methoxy groups -OCH3 is 1. The highest BCUT2D eigenvalue weighted by molar-refractivity contribution is 5.25. The Balaban J connectivity index is 2.68. The highest BCUT2D eigenvalue weighted by Crippen LogP contribution is 2.22. The number of nitrogens with zero attached hydrogens (tertiary/aromatic N) is 1. The summed E-state index contributed by atoms with van der Waals surface area (Å²) in [5, 5.41) is 0.